The van der Waals surface area contributed by atoms with Gasteiger partial charge in [-0.05, 0) is 39.2 Å². The molecule has 2 rings (SSSR count). The molecule has 1 unspecified atom stereocenters. The summed E-state index contributed by atoms with van der Waals surface area (Å²) in [5.41, 5.74) is -0.260. The van der Waals surface area contributed by atoms with Crippen LogP contribution in [0.15, 0.2) is 0 Å². The summed E-state index contributed by atoms with van der Waals surface area (Å²) in [5.74, 6) is 0.182. The SMILES string of the molecule is COCC(=O)NC1CCN(C(=O)C2(C)CCCNC2)CC1. The first-order valence-electron chi connectivity index (χ1n) is 7.83. The number of carbonyl (C=O) groups is 2. The van der Waals surface area contributed by atoms with Gasteiger partial charge in [0.05, 0.1) is 5.41 Å². The minimum atomic E-state index is -0.260. The monoisotopic (exact) mass is 297 g/mol. The molecular weight excluding hydrogens is 270 g/mol. The van der Waals surface area contributed by atoms with E-state index >= 15 is 0 Å². The first-order valence-corrected chi connectivity index (χ1v) is 7.83. The van der Waals surface area contributed by atoms with Crippen LogP contribution in [0.1, 0.15) is 32.6 Å². The fourth-order valence-electron chi connectivity index (χ4n) is 3.25. The van der Waals surface area contributed by atoms with Crippen LogP contribution >= 0.6 is 0 Å². The Balaban J connectivity index is 1.80. The van der Waals surface area contributed by atoms with Gasteiger partial charge in [-0.25, -0.2) is 0 Å². The smallest absolute Gasteiger partial charge is 0.246 e. The third-order valence-corrected chi connectivity index (χ3v) is 4.54. The van der Waals surface area contributed by atoms with Gasteiger partial charge in [0.15, 0.2) is 0 Å². The number of nitrogens with zero attached hydrogens (tertiary/aromatic N) is 1. The van der Waals surface area contributed by atoms with Crippen LogP contribution < -0.4 is 10.6 Å². The number of amides is 2. The van der Waals surface area contributed by atoms with E-state index in [1.54, 1.807) is 0 Å². The molecule has 0 aliphatic carbocycles. The van der Waals surface area contributed by atoms with Gasteiger partial charge >= 0.3 is 0 Å². The van der Waals surface area contributed by atoms with Gasteiger partial charge < -0.3 is 20.3 Å². The summed E-state index contributed by atoms with van der Waals surface area (Å²) < 4.78 is 4.81. The predicted molar refractivity (Wildman–Crippen MR) is 79.8 cm³/mol. The Kier molecular flexibility index (Phi) is 5.58. The van der Waals surface area contributed by atoms with Crippen molar-refractivity contribution in [1.82, 2.24) is 15.5 Å². The number of likely N-dealkylation sites (tertiary alicyclic amines) is 1. The number of hydrogen-bond acceptors (Lipinski definition) is 4. The zero-order chi connectivity index (χ0) is 15.3. The normalized spacial score (nSPS) is 27.4. The van der Waals surface area contributed by atoms with Crippen molar-refractivity contribution in [3.8, 4) is 0 Å². The first-order chi connectivity index (χ1) is 10.0. The number of carbonyl (C=O) groups excluding carboxylic acids is 2. The minimum absolute atomic E-state index is 0.0780. The van der Waals surface area contributed by atoms with Gasteiger partial charge in [0.2, 0.25) is 11.8 Å². The highest BCUT2D eigenvalue weighted by molar-refractivity contribution is 5.83. The van der Waals surface area contributed by atoms with Crippen LogP contribution in [0, 0.1) is 5.41 Å². The summed E-state index contributed by atoms with van der Waals surface area (Å²) >= 11 is 0. The van der Waals surface area contributed by atoms with Gasteiger partial charge in [0.1, 0.15) is 6.61 Å². The van der Waals surface area contributed by atoms with E-state index in [9.17, 15) is 9.59 Å². The van der Waals surface area contributed by atoms with E-state index < -0.39 is 0 Å². The van der Waals surface area contributed by atoms with Crippen molar-refractivity contribution in [1.29, 1.82) is 0 Å². The largest absolute Gasteiger partial charge is 0.375 e. The number of hydrogen-bond donors (Lipinski definition) is 2. The predicted octanol–water partition coefficient (Wildman–Crippen LogP) is 0.130. The molecule has 0 spiro atoms. The van der Waals surface area contributed by atoms with Crippen LogP contribution in [-0.4, -0.2) is 62.7 Å². The van der Waals surface area contributed by atoms with E-state index in [2.05, 4.69) is 17.6 Å². The summed E-state index contributed by atoms with van der Waals surface area (Å²) in [4.78, 5) is 26.1. The summed E-state index contributed by atoms with van der Waals surface area (Å²) in [7, 11) is 1.51. The summed E-state index contributed by atoms with van der Waals surface area (Å²) in [6.07, 6.45) is 3.67. The van der Waals surface area contributed by atoms with Crippen LogP contribution in [0.25, 0.3) is 0 Å². The molecule has 6 heteroatoms. The molecule has 2 saturated heterocycles. The van der Waals surface area contributed by atoms with E-state index in [0.29, 0.717) is 0 Å². The van der Waals surface area contributed by atoms with Gasteiger partial charge in [-0.3, -0.25) is 9.59 Å². The molecule has 2 aliphatic rings. The lowest BCUT2D eigenvalue weighted by molar-refractivity contribution is -0.143. The molecule has 0 bridgehead atoms. The molecule has 2 N–H and O–H groups in total. The fraction of sp³-hybridized carbons (Fsp3) is 0.867. The highest BCUT2D eigenvalue weighted by atomic mass is 16.5. The quantitative estimate of drug-likeness (QED) is 0.774. The third-order valence-electron chi connectivity index (χ3n) is 4.54. The Labute approximate surface area is 126 Å². The van der Waals surface area contributed by atoms with Gasteiger partial charge in [-0.1, -0.05) is 0 Å². The Bertz CT molecular complexity index is 372. The summed E-state index contributed by atoms with van der Waals surface area (Å²) in [5, 5.41) is 6.28. The van der Waals surface area contributed by atoms with Gasteiger partial charge in [0, 0.05) is 32.8 Å². The fourth-order valence-corrected chi connectivity index (χ4v) is 3.25. The molecule has 0 radical (unpaired) electrons. The molecule has 120 valence electrons. The van der Waals surface area contributed by atoms with Crippen molar-refractivity contribution >= 4 is 11.8 Å². The minimum Gasteiger partial charge on any atom is -0.375 e. The molecule has 6 nitrogen and oxygen atoms in total. The highest BCUT2D eigenvalue weighted by Crippen LogP contribution is 2.29. The molecule has 2 fully saturated rings. The average molecular weight is 297 g/mol. The topological polar surface area (TPSA) is 70.7 Å². The van der Waals surface area contributed by atoms with Crippen molar-refractivity contribution in [3.63, 3.8) is 0 Å². The molecule has 0 aromatic heterocycles. The van der Waals surface area contributed by atoms with Crippen LogP contribution in [-0.2, 0) is 14.3 Å². The molecule has 2 amide bonds. The molecule has 0 aromatic rings. The molecule has 1 atom stereocenters. The van der Waals surface area contributed by atoms with Crippen molar-refractivity contribution in [2.24, 2.45) is 5.41 Å². The Morgan fingerprint density at radius 1 is 1.38 bits per heavy atom. The lowest BCUT2D eigenvalue weighted by Crippen LogP contribution is -2.54. The molecular formula is C15H27N3O3. The van der Waals surface area contributed by atoms with Gasteiger partial charge in [-0.2, -0.15) is 0 Å². The number of piperidine rings is 2. The summed E-state index contributed by atoms with van der Waals surface area (Å²) in [6.45, 7) is 5.41. The lowest BCUT2D eigenvalue weighted by Gasteiger charge is -2.40. The Hall–Kier alpha value is -1.14. The third kappa shape index (κ3) is 4.17. The second-order valence-electron chi connectivity index (χ2n) is 6.41. The van der Waals surface area contributed by atoms with Crippen LogP contribution in [0.4, 0.5) is 0 Å². The van der Waals surface area contributed by atoms with Crippen molar-refractivity contribution in [2.75, 3.05) is 39.9 Å². The average Bonchev–Trinajstić information content (AvgIpc) is 2.48. The Morgan fingerprint density at radius 2 is 2.10 bits per heavy atom. The maximum absolute atomic E-state index is 12.7. The second-order valence-corrected chi connectivity index (χ2v) is 6.41. The van der Waals surface area contributed by atoms with E-state index in [0.717, 1.165) is 51.9 Å². The number of nitrogens with one attached hydrogen (secondary N) is 2. The zero-order valence-corrected chi connectivity index (χ0v) is 13.1. The van der Waals surface area contributed by atoms with Gasteiger partial charge in [0.25, 0.3) is 0 Å². The molecule has 0 saturated carbocycles. The standard InChI is InChI=1S/C15H27N3O3/c1-15(6-3-7-16-11-15)14(20)18-8-4-12(5-9-18)17-13(19)10-21-2/h12,16H,3-11H2,1-2H3,(H,17,19). The number of methoxy groups -OCH3 is 1. The molecule has 2 aliphatic heterocycles. The van der Waals surface area contributed by atoms with E-state index in [1.807, 2.05) is 4.90 Å². The van der Waals surface area contributed by atoms with E-state index in [4.69, 9.17) is 4.74 Å². The van der Waals surface area contributed by atoms with E-state index in [-0.39, 0.29) is 29.9 Å². The number of ether oxygens (including phenoxy) is 1. The van der Waals surface area contributed by atoms with Crippen molar-refractivity contribution < 1.29 is 14.3 Å². The molecule has 2 heterocycles. The zero-order valence-electron chi connectivity index (χ0n) is 13.1. The van der Waals surface area contributed by atoms with Crippen molar-refractivity contribution in [3.05, 3.63) is 0 Å². The molecule has 21 heavy (non-hydrogen) atoms. The van der Waals surface area contributed by atoms with Crippen LogP contribution in [0.2, 0.25) is 0 Å². The maximum atomic E-state index is 12.7. The van der Waals surface area contributed by atoms with Crippen LogP contribution in [0.5, 0.6) is 0 Å². The van der Waals surface area contributed by atoms with Gasteiger partial charge in [-0.15, -0.1) is 0 Å². The summed E-state index contributed by atoms with van der Waals surface area (Å²) in [6, 6.07) is 0.161. The number of rotatable bonds is 4. The molecule has 0 aromatic carbocycles. The highest BCUT2D eigenvalue weighted by Gasteiger charge is 2.38. The van der Waals surface area contributed by atoms with E-state index in [1.165, 1.54) is 7.11 Å². The van der Waals surface area contributed by atoms with Crippen LogP contribution in [0.3, 0.4) is 0 Å². The first kappa shape index (κ1) is 16.2. The second kappa shape index (κ2) is 7.22. The Morgan fingerprint density at radius 3 is 2.67 bits per heavy atom. The van der Waals surface area contributed by atoms with Crippen molar-refractivity contribution in [2.45, 2.75) is 38.6 Å². The maximum Gasteiger partial charge on any atom is 0.246 e. The lowest BCUT2D eigenvalue weighted by atomic mass is 9.81.